The van der Waals surface area contributed by atoms with Gasteiger partial charge in [0.05, 0.1) is 0 Å². The molecule has 1 unspecified atom stereocenters. The number of hydrogen-bond donors (Lipinski definition) is 1. The van der Waals surface area contributed by atoms with Crippen LogP contribution in [0.1, 0.15) is 51.1 Å². The number of hydrogen-bond acceptors (Lipinski definition) is 2. The molecule has 1 N–H and O–H groups in total. The van der Waals surface area contributed by atoms with Gasteiger partial charge < -0.3 is 10.2 Å². The van der Waals surface area contributed by atoms with Crippen molar-refractivity contribution in [2.24, 2.45) is 5.92 Å². The molecule has 1 aliphatic heterocycles. The van der Waals surface area contributed by atoms with E-state index in [-0.39, 0.29) is 11.9 Å². The molecule has 1 saturated heterocycles. The Bertz CT molecular complexity index is 413. The van der Waals surface area contributed by atoms with Crippen LogP contribution in [0.2, 0.25) is 0 Å². The van der Waals surface area contributed by atoms with E-state index in [4.69, 9.17) is 0 Å². The molecule has 0 radical (unpaired) electrons. The Labute approximate surface area is 128 Å². The van der Waals surface area contributed by atoms with Crippen molar-refractivity contribution >= 4 is 0 Å². The molecule has 21 heavy (non-hydrogen) atoms. The Hall–Kier alpha value is -0.930. The van der Waals surface area contributed by atoms with Gasteiger partial charge in [0, 0.05) is 6.04 Å². The third-order valence-corrected chi connectivity index (χ3v) is 4.50. The monoisotopic (exact) mass is 292 g/mol. The summed E-state index contributed by atoms with van der Waals surface area (Å²) >= 11 is 0. The van der Waals surface area contributed by atoms with E-state index in [1.54, 1.807) is 6.07 Å². The first-order valence-corrected chi connectivity index (χ1v) is 8.40. The van der Waals surface area contributed by atoms with Crippen LogP contribution in [-0.2, 0) is 0 Å². The highest BCUT2D eigenvalue weighted by Crippen LogP contribution is 2.21. The molecule has 1 aromatic rings. The predicted molar refractivity (Wildman–Crippen MR) is 86.9 cm³/mol. The van der Waals surface area contributed by atoms with Gasteiger partial charge in [-0.3, -0.25) is 0 Å². The van der Waals surface area contributed by atoms with Gasteiger partial charge in [-0.15, -0.1) is 0 Å². The van der Waals surface area contributed by atoms with Crippen molar-refractivity contribution in [3.63, 3.8) is 0 Å². The van der Waals surface area contributed by atoms with Gasteiger partial charge in [-0.2, -0.15) is 0 Å². The summed E-state index contributed by atoms with van der Waals surface area (Å²) in [6.45, 7) is 9.02. The molecule has 1 fully saturated rings. The minimum Gasteiger partial charge on any atom is -0.310 e. The molecule has 0 bridgehead atoms. The second kappa shape index (κ2) is 8.50. The summed E-state index contributed by atoms with van der Waals surface area (Å²) in [6.07, 6.45) is 4.78. The maximum Gasteiger partial charge on any atom is 0.123 e. The lowest BCUT2D eigenvalue weighted by molar-refractivity contribution is 0.184. The maximum atomic E-state index is 13.4. The Morgan fingerprint density at radius 1 is 1.33 bits per heavy atom. The fraction of sp³-hybridized carbons (Fsp3) is 0.667. The Kier molecular flexibility index (Phi) is 6.65. The first-order valence-electron chi connectivity index (χ1n) is 8.40. The van der Waals surface area contributed by atoms with Crippen LogP contribution in [0.4, 0.5) is 4.39 Å². The molecule has 0 saturated carbocycles. The SMILES string of the molecule is CCCNC(CCN1CCC(C)CC1)c1cccc(F)c1. The fourth-order valence-corrected chi connectivity index (χ4v) is 3.03. The van der Waals surface area contributed by atoms with E-state index in [1.807, 2.05) is 12.1 Å². The molecule has 118 valence electrons. The van der Waals surface area contributed by atoms with Crippen LogP contribution < -0.4 is 5.32 Å². The minimum absolute atomic E-state index is 0.136. The van der Waals surface area contributed by atoms with Crippen molar-refractivity contribution in [2.45, 2.75) is 45.6 Å². The molecule has 0 aromatic heterocycles. The van der Waals surface area contributed by atoms with Crippen molar-refractivity contribution in [2.75, 3.05) is 26.2 Å². The number of nitrogens with one attached hydrogen (secondary N) is 1. The summed E-state index contributed by atoms with van der Waals surface area (Å²) in [6, 6.07) is 7.31. The average Bonchev–Trinajstić information content (AvgIpc) is 2.49. The van der Waals surface area contributed by atoms with E-state index in [9.17, 15) is 4.39 Å². The largest absolute Gasteiger partial charge is 0.310 e. The Balaban J connectivity index is 1.90. The van der Waals surface area contributed by atoms with Gasteiger partial charge in [0.25, 0.3) is 0 Å². The molecule has 0 amide bonds. The molecule has 1 atom stereocenters. The van der Waals surface area contributed by atoms with Gasteiger partial charge in [0.2, 0.25) is 0 Å². The molecule has 1 aliphatic rings. The molecule has 1 heterocycles. The molecular weight excluding hydrogens is 263 g/mol. The molecule has 3 heteroatoms. The van der Waals surface area contributed by atoms with Crippen LogP contribution in [0.15, 0.2) is 24.3 Å². The smallest absolute Gasteiger partial charge is 0.123 e. The van der Waals surface area contributed by atoms with Gasteiger partial charge in [-0.25, -0.2) is 4.39 Å². The Morgan fingerprint density at radius 3 is 2.76 bits per heavy atom. The van der Waals surface area contributed by atoms with Gasteiger partial charge in [-0.1, -0.05) is 26.0 Å². The minimum atomic E-state index is -0.136. The lowest BCUT2D eigenvalue weighted by Crippen LogP contribution is -2.35. The maximum absolute atomic E-state index is 13.4. The molecule has 0 spiro atoms. The highest BCUT2D eigenvalue weighted by molar-refractivity contribution is 5.20. The number of nitrogens with zero attached hydrogens (tertiary/aromatic N) is 1. The topological polar surface area (TPSA) is 15.3 Å². The number of piperidine rings is 1. The van der Waals surface area contributed by atoms with Crippen molar-refractivity contribution in [1.29, 1.82) is 0 Å². The summed E-state index contributed by atoms with van der Waals surface area (Å²) < 4.78 is 13.4. The van der Waals surface area contributed by atoms with E-state index in [0.29, 0.717) is 0 Å². The first-order chi connectivity index (χ1) is 10.2. The van der Waals surface area contributed by atoms with Crippen LogP contribution in [0, 0.1) is 11.7 Å². The number of rotatable bonds is 7. The molecule has 0 aliphatic carbocycles. The van der Waals surface area contributed by atoms with Gasteiger partial charge >= 0.3 is 0 Å². The molecule has 2 nitrogen and oxygen atoms in total. The van der Waals surface area contributed by atoms with Crippen LogP contribution in [0.3, 0.4) is 0 Å². The fourth-order valence-electron chi connectivity index (χ4n) is 3.03. The predicted octanol–water partition coefficient (Wildman–Crippen LogP) is 3.99. The summed E-state index contributed by atoms with van der Waals surface area (Å²) in [5, 5.41) is 3.57. The lowest BCUT2D eigenvalue weighted by Gasteiger charge is -2.31. The standard InChI is InChI=1S/C18H29FN2/c1-3-10-20-18(16-5-4-6-17(19)14-16)9-13-21-11-7-15(2)8-12-21/h4-6,14-15,18,20H,3,7-13H2,1-2H3. The van der Waals surface area contributed by atoms with Gasteiger partial charge in [-0.05, 0) is 75.5 Å². The van der Waals surface area contributed by atoms with E-state index < -0.39 is 0 Å². The highest BCUT2D eigenvalue weighted by atomic mass is 19.1. The van der Waals surface area contributed by atoms with Gasteiger partial charge in [0.1, 0.15) is 5.82 Å². The second-order valence-corrected chi connectivity index (χ2v) is 6.37. The summed E-state index contributed by atoms with van der Waals surface area (Å²) in [5.74, 6) is 0.737. The summed E-state index contributed by atoms with van der Waals surface area (Å²) in [5.41, 5.74) is 1.08. The van der Waals surface area contributed by atoms with Crippen molar-refractivity contribution in [1.82, 2.24) is 10.2 Å². The van der Waals surface area contributed by atoms with Crippen molar-refractivity contribution in [3.05, 3.63) is 35.6 Å². The zero-order valence-corrected chi connectivity index (χ0v) is 13.4. The Morgan fingerprint density at radius 2 is 2.10 bits per heavy atom. The number of benzene rings is 1. The van der Waals surface area contributed by atoms with Crippen LogP contribution in [0.25, 0.3) is 0 Å². The normalized spacial score (nSPS) is 18.8. The van der Waals surface area contributed by atoms with Crippen LogP contribution in [0.5, 0.6) is 0 Å². The highest BCUT2D eigenvalue weighted by Gasteiger charge is 2.18. The van der Waals surface area contributed by atoms with Gasteiger partial charge in [0.15, 0.2) is 0 Å². The van der Waals surface area contributed by atoms with E-state index in [1.165, 1.54) is 32.0 Å². The molecule has 1 aromatic carbocycles. The molecular formula is C18H29FN2. The summed E-state index contributed by atoms with van der Waals surface area (Å²) in [4.78, 5) is 2.56. The van der Waals surface area contributed by atoms with E-state index >= 15 is 0 Å². The first kappa shape index (κ1) is 16.4. The third-order valence-electron chi connectivity index (χ3n) is 4.50. The quantitative estimate of drug-likeness (QED) is 0.817. The third kappa shape index (κ3) is 5.40. The zero-order chi connectivity index (χ0) is 15.1. The number of likely N-dealkylation sites (tertiary alicyclic amines) is 1. The molecule has 2 rings (SSSR count). The van der Waals surface area contributed by atoms with Crippen LogP contribution in [-0.4, -0.2) is 31.1 Å². The average molecular weight is 292 g/mol. The van der Waals surface area contributed by atoms with E-state index in [0.717, 1.165) is 37.4 Å². The zero-order valence-electron chi connectivity index (χ0n) is 13.4. The van der Waals surface area contributed by atoms with E-state index in [2.05, 4.69) is 24.1 Å². The summed E-state index contributed by atoms with van der Waals surface area (Å²) in [7, 11) is 0. The van der Waals surface area contributed by atoms with Crippen molar-refractivity contribution < 1.29 is 4.39 Å². The second-order valence-electron chi connectivity index (χ2n) is 6.37. The number of halogens is 1. The van der Waals surface area contributed by atoms with Crippen molar-refractivity contribution in [3.8, 4) is 0 Å². The lowest BCUT2D eigenvalue weighted by atomic mass is 9.98. The van der Waals surface area contributed by atoms with Crippen LogP contribution >= 0.6 is 0 Å².